The Kier molecular flexibility index (Phi) is 2.36. The molecule has 2 N–H and O–H groups in total. The van der Waals surface area contributed by atoms with Crippen LogP contribution in [0.2, 0.25) is 0 Å². The van der Waals surface area contributed by atoms with Crippen LogP contribution in [0.25, 0.3) is 5.82 Å². The lowest BCUT2D eigenvalue weighted by Crippen LogP contribution is -2.12. The van der Waals surface area contributed by atoms with Gasteiger partial charge in [0.15, 0.2) is 5.82 Å². The van der Waals surface area contributed by atoms with E-state index in [0.29, 0.717) is 5.82 Å². The molecule has 2 aromatic heterocycles. The zero-order valence-electron chi connectivity index (χ0n) is 8.16. The molecule has 2 heterocycles. The first kappa shape index (κ1) is 9.86. The Morgan fingerprint density at radius 1 is 1.44 bits per heavy atom. The van der Waals surface area contributed by atoms with E-state index in [1.54, 1.807) is 24.4 Å². The van der Waals surface area contributed by atoms with Crippen molar-refractivity contribution in [3.05, 3.63) is 41.9 Å². The Hall–Kier alpha value is -2.68. The van der Waals surface area contributed by atoms with Crippen LogP contribution in [-0.2, 0) is 0 Å². The molecular weight excluding hydrogens is 206 g/mol. The molecule has 1 amide bonds. The molecule has 0 bridgehead atoms. The van der Waals surface area contributed by atoms with Crippen molar-refractivity contribution in [3.8, 4) is 11.9 Å². The Morgan fingerprint density at radius 2 is 2.25 bits per heavy atom. The van der Waals surface area contributed by atoms with Gasteiger partial charge in [-0.3, -0.25) is 4.79 Å². The number of nitriles is 1. The smallest absolute Gasteiger partial charge is 0.269 e. The van der Waals surface area contributed by atoms with Gasteiger partial charge in [0.25, 0.3) is 5.91 Å². The SMILES string of the molecule is N#Cc1cccc(-n2ccc(C(N)=O)n2)n1. The largest absolute Gasteiger partial charge is 0.364 e. The summed E-state index contributed by atoms with van der Waals surface area (Å²) in [5.41, 5.74) is 5.52. The number of rotatable bonds is 2. The van der Waals surface area contributed by atoms with E-state index in [1.807, 2.05) is 6.07 Å². The Balaban J connectivity index is 2.43. The molecule has 2 rings (SSSR count). The lowest BCUT2D eigenvalue weighted by Gasteiger charge is -1.99. The summed E-state index contributed by atoms with van der Waals surface area (Å²) in [6, 6.07) is 8.36. The highest BCUT2D eigenvalue weighted by Crippen LogP contribution is 2.05. The lowest BCUT2D eigenvalue weighted by molar-refractivity contribution is 0.0995. The van der Waals surface area contributed by atoms with Gasteiger partial charge in [-0.25, -0.2) is 9.67 Å². The van der Waals surface area contributed by atoms with Crippen LogP contribution in [0.5, 0.6) is 0 Å². The molecule has 0 saturated heterocycles. The molecule has 0 aromatic carbocycles. The Morgan fingerprint density at radius 3 is 2.88 bits per heavy atom. The van der Waals surface area contributed by atoms with Crippen LogP contribution in [-0.4, -0.2) is 20.7 Å². The van der Waals surface area contributed by atoms with Crippen molar-refractivity contribution in [3.63, 3.8) is 0 Å². The normalized spacial score (nSPS) is 9.69. The van der Waals surface area contributed by atoms with Gasteiger partial charge in [-0.05, 0) is 18.2 Å². The highest BCUT2D eigenvalue weighted by molar-refractivity contribution is 5.90. The minimum absolute atomic E-state index is 0.157. The van der Waals surface area contributed by atoms with Crippen LogP contribution >= 0.6 is 0 Å². The second-order valence-corrected chi connectivity index (χ2v) is 3.00. The molecule has 0 atom stereocenters. The number of carbonyl (C=O) groups is 1. The van der Waals surface area contributed by atoms with Crippen molar-refractivity contribution in [2.75, 3.05) is 0 Å². The summed E-state index contributed by atoms with van der Waals surface area (Å²) >= 11 is 0. The first-order valence-electron chi connectivity index (χ1n) is 4.44. The second-order valence-electron chi connectivity index (χ2n) is 3.00. The van der Waals surface area contributed by atoms with Crippen molar-refractivity contribution < 1.29 is 4.79 Å². The molecule has 78 valence electrons. The van der Waals surface area contributed by atoms with Crippen molar-refractivity contribution in [1.29, 1.82) is 5.26 Å². The van der Waals surface area contributed by atoms with Gasteiger partial charge in [-0.2, -0.15) is 10.4 Å². The summed E-state index contributed by atoms with van der Waals surface area (Å²) in [4.78, 5) is 14.9. The zero-order chi connectivity index (χ0) is 11.5. The standard InChI is InChI=1S/C10H7N5O/c11-6-7-2-1-3-9(13-7)15-5-4-8(14-15)10(12)16/h1-5H,(H2,12,16). The highest BCUT2D eigenvalue weighted by atomic mass is 16.1. The fourth-order valence-corrected chi connectivity index (χ4v) is 1.20. The van der Waals surface area contributed by atoms with E-state index >= 15 is 0 Å². The number of carbonyl (C=O) groups excluding carboxylic acids is 1. The number of pyridine rings is 1. The molecule has 0 aliphatic rings. The summed E-state index contributed by atoms with van der Waals surface area (Å²) in [5.74, 6) is -0.137. The molecule has 0 unspecified atom stereocenters. The van der Waals surface area contributed by atoms with E-state index in [0.717, 1.165) is 0 Å². The number of primary amides is 1. The van der Waals surface area contributed by atoms with Crippen LogP contribution in [0.15, 0.2) is 30.5 Å². The maximum Gasteiger partial charge on any atom is 0.269 e. The third kappa shape index (κ3) is 1.74. The first-order valence-corrected chi connectivity index (χ1v) is 4.44. The first-order chi connectivity index (χ1) is 7.70. The Bertz CT molecular complexity index is 581. The number of nitrogens with two attached hydrogens (primary N) is 1. The van der Waals surface area contributed by atoms with Gasteiger partial charge in [-0.15, -0.1) is 0 Å². The predicted molar refractivity (Wildman–Crippen MR) is 54.6 cm³/mol. The minimum atomic E-state index is -0.602. The third-order valence-electron chi connectivity index (χ3n) is 1.93. The fraction of sp³-hybridized carbons (Fsp3) is 0. The number of hydrogen-bond acceptors (Lipinski definition) is 4. The van der Waals surface area contributed by atoms with Crippen molar-refractivity contribution >= 4 is 5.91 Å². The minimum Gasteiger partial charge on any atom is -0.364 e. The number of aromatic nitrogens is 3. The number of hydrogen-bond donors (Lipinski definition) is 1. The van der Waals surface area contributed by atoms with Crippen molar-refractivity contribution in [2.24, 2.45) is 5.73 Å². The van der Waals surface area contributed by atoms with Crippen LogP contribution in [0, 0.1) is 11.3 Å². The van der Waals surface area contributed by atoms with E-state index in [2.05, 4.69) is 10.1 Å². The van der Waals surface area contributed by atoms with Gasteiger partial charge >= 0.3 is 0 Å². The van der Waals surface area contributed by atoms with E-state index in [4.69, 9.17) is 11.0 Å². The quantitative estimate of drug-likeness (QED) is 0.772. The van der Waals surface area contributed by atoms with Gasteiger partial charge in [0.05, 0.1) is 0 Å². The summed E-state index contributed by atoms with van der Waals surface area (Å²) in [6.07, 6.45) is 1.56. The van der Waals surface area contributed by atoms with Crippen LogP contribution < -0.4 is 5.73 Å². The molecule has 0 radical (unpaired) electrons. The molecule has 0 saturated carbocycles. The van der Waals surface area contributed by atoms with Gasteiger partial charge in [0.1, 0.15) is 17.5 Å². The van der Waals surface area contributed by atoms with E-state index in [-0.39, 0.29) is 11.4 Å². The van der Waals surface area contributed by atoms with E-state index in [9.17, 15) is 4.79 Å². The molecular formula is C10H7N5O. The van der Waals surface area contributed by atoms with Gasteiger partial charge < -0.3 is 5.73 Å². The second kappa shape index (κ2) is 3.82. The number of nitrogens with zero attached hydrogens (tertiary/aromatic N) is 4. The molecule has 6 nitrogen and oxygen atoms in total. The van der Waals surface area contributed by atoms with E-state index in [1.165, 1.54) is 10.7 Å². The molecule has 16 heavy (non-hydrogen) atoms. The topological polar surface area (TPSA) is 97.6 Å². The number of amides is 1. The third-order valence-corrected chi connectivity index (χ3v) is 1.93. The van der Waals surface area contributed by atoms with Crippen LogP contribution in [0.1, 0.15) is 16.2 Å². The Labute approximate surface area is 90.9 Å². The molecule has 0 spiro atoms. The molecule has 0 fully saturated rings. The van der Waals surface area contributed by atoms with Crippen LogP contribution in [0.4, 0.5) is 0 Å². The zero-order valence-corrected chi connectivity index (χ0v) is 8.16. The average Bonchev–Trinajstić information content (AvgIpc) is 2.78. The molecule has 0 aliphatic carbocycles. The highest BCUT2D eigenvalue weighted by Gasteiger charge is 2.06. The van der Waals surface area contributed by atoms with Gasteiger partial charge in [-0.1, -0.05) is 6.07 Å². The van der Waals surface area contributed by atoms with Gasteiger partial charge in [0, 0.05) is 6.20 Å². The summed E-state index contributed by atoms with van der Waals surface area (Å²) in [5, 5.41) is 12.6. The monoisotopic (exact) mass is 213 g/mol. The van der Waals surface area contributed by atoms with Gasteiger partial charge in [0.2, 0.25) is 0 Å². The van der Waals surface area contributed by atoms with Crippen LogP contribution in [0.3, 0.4) is 0 Å². The van der Waals surface area contributed by atoms with Crippen molar-refractivity contribution in [2.45, 2.75) is 0 Å². The van der Waals surface area contributed by atoms with E-state index < -0.39 is 5.91 Å². The molecule has 2 aromatic rings. The summed E-state index contributed by atoms with van der Waals surface area (Å²) < 4.78 is 1.39. The predicted octanol–water partition coefficient (Wildman–Crippen LogP) is 0.238. The van der Waals surface area contributed by atoms with Crippen molar-refractivity contribution in [1.82, 2.24) is 14.8 Å². The average molecular weight is 213 g/mol. The maximum atomic E-state index is 10.8. The molecule has 6 heteroatoms. The lowest BCUT2D eigenvalue weighted by atomic mass is 10.4. The fourth-order valence-electron chi connectivity index (χ4n) is 1.20. The maximum absolute atomic E-state index is 10.8. The summed E-state index contributed by atoms with van der Waals surface area (Å²) in [7, 11) is 0. The molecule has 0 aliphatic heterocycles. The summed E-state index contributed by atoms with van der Waals surface area (Å²) in [6.45, 7) is 0.